The van der Waals surface area contributed by atoms with E-state index in [9.17, 15) is 4.79 Å². The molecule has 0 saturated carbocycles. The molecule has 0 radical (unpaired) electrons. The molecule has 1 unspecified atom stereocenters. The van der Waals surface area contributed by atoms with Crippen molar-refractivity contribution in [2.75, 3.05) is 33.4 Å². The number of hydrogen-bond acceptors (Lipinski definition) is 7. The van der Waals surface area contributed by atoms with Crippen LogP contribution in [0.15, 0.2) is 48.5 Å². The second kappa shape index (κ2) is 11.0. The Bertz CT molecular complexity index is 1030. The predicted octanol–water partition coefficient (Wildman–Crippen LogP) is 3.32. The number of carbonyl (C=O) groups excluding carboxylic acids is 1. The van der Waals surface area contributed by atoms with Crippen LogP contribution in [0.1, 0.15) is 62.1 Å². The van der Waals surface area contributed by atoms with Gasteiger partial charge in [-0.05, 0) is 63.3 Å². The molecule has 2 aromatic carbocycles. The second-order valence-electron chi connectivity index (χ2n) is 10.8. The van der Waals surface area contributed by atoms with Gasteiger partial charge in [-0.25, -0.2) is 4.79 Å². The lowest BCUT2D eigenvalue weighted by molar-refractivity contribution is -0.0116. The number of nitrogens with zero attached hydrogens (tertiary/aromatic N) is 1. The van der Waals surface area contributed by atoms with Gasteiger partial charge in [0.1, 0.15) is 0 Å². The first-order valence-electron chi connectivity index (χ1n) is 12.8. The normalized spacial score (nSPS) is 22.4. The third kappa shape index (κ3) is 6.01. The van der Waals surface area contributed by atoms with Crippen LogP contribution in [0.2, 0.25) is 0 Å². The average molecular weight is 494 g/mol. The first-order chi connectivity index (χ1) is 17.1. The minimum Gasteiger partial charge on any atom is -0.465 e. The highest BCUT2D eigenvalue weighted by molar-refractivity contribution is 6.62. The standard InChI is InChI=1S/C28H39BN2O5/c1-20(22-10-12-23(13-11-22)26(32)33-6)30-17-25-19-34-15-14-31(25)18-21-8-7-9-24(16-21)29-35-27(2,3)28(4,5)36-29/h7-13,16,20,25,30H,14-15,17-19H2,1-6H3/t20-,25?/m0/s1. The summed E-state index contributed by atoms with van der Waals surface area (Å²) in [6, 6.07) is 16.5. The fourth-order valence-corrected chi connectivity index (χ4v) is 4.59. The number of carbonyl (C=O) groups is 1. The third-order valence-electron chi connectivity index (χ3n) is 7.70. The number of esters is 1. The molecule has 7 nitrogen and oxygen atoms in total. The molecule has 0 spiro atoms. The van der Waals surface area contributed by atoms with Crippen LogP contribution in [0.3, 0.4) is 0 Å². The number of nitrogens with one attached hydrogen (secondary N) is 1. The van der Waals surface area contributed by atoms with Crippen molar-refractivity contribution in [1.82, 2.24) is 10.2 Å². The summed E-state index contributed by atoms with van der Waals surface area (Å²) in [5.41, 5.74) is 3.26. The summed E-state index contributed by atoms with van der Waals surface area (Å²) in [4.78, 5) is 14.2. The summed E-state index contributed by atoms with van der Waals surface area (Å²) in [6.07, 6.45) is 0. The minimum absolute atomic E-state index is 0.146. The zero-order valence-corrected chi connectivity index (χ0v) is 22.4. The van der Waals surface area contributed by atoms with Crippen molar-refractivity contribution in [3.8, 4) is 0 Å². The number of benzene rings is 2. The van der Waals surface area contributed by atoms with E-state index in [2.05, 4.69) is 69.1 Å². The van der Waals surface area contributed by atoms with E-state index in [0.717, 1.165) is 37.3 Å². The Kier molecular flexibility index (Phi) is 8.22. The van der Waals surface area contributed by atoms with Gasteiger partial charge in [-0.3, -0.25) is 4.90 Å². The molecular formula is C28H39BN2O5. The Morgan fingerprint density at radius 1 is 1.14 bits per heavy atom. The summed E-state index contributed by atoms with van der Waals surface area (Å²) < 4.78 is 23.1. The van der Waals surface area contributed by atoms with Gasteiger partial charge in [0, 0.05) is 31.7 Å². The van der Waals surface area contributed by atoms with Crippen molar-refractivity contribution in [3.05, 3.63) is 65.2 Å². The molecule has 0 aromatic heterocycles. The molecule has 0 bridgehead atoms. The fraction of sp³-hybridized carbons (Fsp3) is 0.536. The van der Waals surface area contributed by atoms with E-state index in [0.29, 0.717) is 12.2 Å². The van der Waals surface area contributed by atoms with Crippen molar-refractivity contribution in [2.24, 2.45) is 0 Å². The van der Waals surface area contributed by atoms with Gasteiger partial charge in [-0.2, -0.15) is 0 Å². The SMILES string of the molecule is COC(=O)c1ccc([C@H](C)NCC2COCCN2Cc2cccc(B3OC(C)(C)C(C)(C)O3)c2)cc1. The van der Waals surface area contributed by atoms with E-state index < -0.39 is 0 Å². The molecule has 1 N–H and O–H groups in total. The first kappa shape index (κ1) is 26.8. The Morgan fingerprint density at radius 2 is 1.83 bits per heavy atom. The predicted molar refractivity (Wildman–Crippen MR) is 141 cm³/mol. The number of morpholine rings is 1. The number of hydrogen-bond donors (Lipinski definition) is 1. The van der Waals surface area contributed by atoms with Gasteiger partial charge in [0.2, 0.25) is 0 Å². The lowest BCUT2D eigenvalue weighted by Gasteiger charge is -2.36. The maximum atomic E-state index is 11.7. The first-order valence-corrected chi connectivity index (χ1v) is 12.8. The van der Waals surface area contributed by atoms with Crippen LogP contribution in [-0.2, 0) is 25.3 Å². The summed E-state index contributed by atoms with van der Waals surface area (Å²) in [5, 5.41) is 3.64. The van der Waals surface area contributed by atoms with Crippen molar-refractivity contribution in [2.45, 2.75) is 64.4 Å². The van der Waals surface area contributed by atoms with Crippen LogP contribution in [0.4, 0.5) is 0 Å². The van der Waals surface area contributed by atoms with E-state index in [1.54, 1.807) is 0 Å². The highest BCUT2D eigenvalue weighted by Crippen LogP contribution is 2.36. The van der Waals surface area contributed by atoms with E-state index in [4.69, 9.17) is 18.8 Å². The molecule has 36 heavy (non-hydrogen) atoms. The summed E-state index contributed by atoms with van der Waals surface area (Å²) in [6.45, 7) is 14.4. The molecule has 2 aliphatic heterocycles. The van der Waals surface area contributed by atoms with Gasteiger partial charge >= 0.3 is 13.1 Å². The van der Waals surface area contributed by atoms with Crippen LogP contribution < -0.4 is 10.8 Å². The third-order valence-corrected chi connectivity index (χ3v) is 7.70. The molecule has 0 amide bonds. The van der Waals surface area contributed by atoms with Crippen LogP contribution >= 0.6 is 0 Å². The zero-order valence-electron chi connectivity index (χ0n) is 22.4. The van der Waals surface area contributed by atoms with Gasteiger partial charge in [0.25, 0.3) is 0 Å². The zero-order chi connectivity index (χ0) is 25.9. The van der Waals surface area contributed by atoms with Crippen LogP contribution in [0.5, 0.6) is 0 Å². The van der Waals surface area contributed by atoms with E-state index in [1.807, 2.05) is 24.3 Å². The maximum absolute atomic E-state index is 11.7. The molecule has 2 heterocycles. The van der Waals surface area contributed by atoms with Gasteiger partial charge in [-0.1, -0.05) is 36.4 Å². The summed E-state index contributed by atoms with van der Waals surface area (Å²) in [7, 11) is 1.04. The lowest BCUT2D eigenvalue weighted by Crippen LogP contribution is -2.50. The summed E-state index contributed by atoms with van der Waals surface area (Å²) in [5.74, 6) is -0.320. The fourth-order valence-electron chi connectivity index (χ4n) is 4.59. The van der Waals surface area contributed by atoms with Crippen molar-refractivity contribution < 1.29 is 23.6 Å². The quantitative estimate of drug-likeness (QED) is 0.446. The largest absolute Gasteiger partial charge is 0.494 e. The Labute approximate surface area is 215 Å². The molecule has 2 aromatic rings. The van der Waals surface area contributed by atoms with E-state index in [-0.39, 0.29) is 36.4 Å². The van der Waals surface area contributed by atoms with Gasteiger partial charge < -0.3 is 24.1 Å². The van der Waals surface area contributed by atoms with Crippen molar-refractivity contribution in [1.29, 1.82) is 0 Å². The lowest BCUT2D eigenvalue weighted by atomic mass is 9.78. The summed E-state index contributed by atoms with van der Waals surface area (Å²) >= 11 is 0. The number of methoxy groups -OCH3 is 1. The van der Waals surface area contributed by atoms with E-state index >= 15 is 0 Å². The monoisotopic (exact) mass is 494 g/mol. The van der Waals surface area contributed by atoms with Crippen LogP contribution in [0, 0.1) is 0 Å². The van der Waals surface area contributed by atoms with Gasteiger partial charge in [-0.15, -0.1) is 0 Å². The molecule has 194 valence electrons. The Hall–Kier alpha value is -2.23. The van der Waals surface area contributed by atoms with Crippen molar-refractivity contribution in [3.63, 3.8) is 0 Å². The molecule has 0 aliphatic carbocycles. The van der Waals surface area contributed by atoms with Crippen molar-refractivity contribution >= 4 is 18.6 Å². The average Bonchev–Trinajstić information content (AvgIpc) is 3.09. The van der Waals surface area contributed by atoms with Gasteiger partial charge in [0.05, 0.1) is 37.1 Å². The molecule has 8 heteroatoms. The molecule has 4 rings (SSSR count). The molecule has 2 saturated heterocycles. The smallest absolute Gasteiger partial charge is 0.465 e. The van der Waals surface area contributed by atoms with Crippen LogP contribution in [-0.4, -0.2) is 68.6 Å². The highest BCUT2D eigenvalue weighted by atomic mass is 16.7. The van der Waals surface area contributed by atoms with Gasteiger partial charge in [0.15, 0.2) is 0 Å². The number of rotatable bonds is 8. The Morgan fingerprint density at radius 3 is 2.50 bits per heavy atom. The second-order valence-corrected chi connectivity index (χ2v) is 10.8. The molecule has 2 fully saturated rings. The molecule has 2 aliphatic rings. The Balaban J connectivity index is 1.37. The van der Waals surface area contributed by atoms with Crippen LogP contribution in [0.25, 0.3) is 0 Å². The topological polar surface area (TPSA) is 69.3 Å². The highest BCUT2D eigenvalue weighted by Gasteiger charge is 2.51. The maximum Gasteiger partial charge on any atom is 0.494 e. The minimum atomic E-state index is -0.358. The number of ether oxygens (including phenoxy) is 2. The molecular weight excluding hydrogens is 455 g/mol. The van der Waals surface area contributed by atoms with E-state index in [1.165, 1.54) is 12.7 Å². The molecule has 2 atom stereocenters.